The molecule has 0 aromatic heterocycles. The number of nitrogens with zero attached hydrogens (tertiary/aromatic N) is 1. The first-order valence-electron chi connectivity index (χ1n) is 8.23. The van der Waals surface area contributed by atoms with E-state index in [4.69, 9.17) is 28.5 Å². The average Bonchev–Trinajstić information content (AvgIpc) is 2.63. The number of hydrogen-bond acceptors (Lipinski definition) is 3. The first-order chi connectivity index (χ1) is 12.0. The molecular formula is C19H22ClN5. The number of nitrogens with two attached hydrogens (primary N) is 2. The van der Waals surface area contributed by atoms with Crippen molar-refractivity contribution in [1.82, 2.24) is 5.32 Å². The molecule has 0 aliphatic heterocycles. The molecule has 6 N–H and O–H groups in total. The summed E-state index contributed by atoms with van der Waals surface area (Å²) in [6.07, 6.45) is 3.01. The van der Waals surface area contributed by atoms with Gasteiger partial charge in [-0.3, -0.25) is 5.41 Å². The minimum atomic E-state index is 0.267. The maximum absolute atomic E-state index is 7.10. The molecular weight excluding hydrogens is 334 g/mol. The lowest BCUT2D eigenvalue weighted by molar-refractivity contribution is 0.471. The van der Waals surface area contributed by atoms with Gasteiger partial charge in [0.15, 0.2) is 0 Å². The molecule has 0 unspecified atom stereocenters. The Morgan fingerprint density at radius 2 is 2.04 bits per heavy atom. The molecule has 0 amide bonds. The molecule has 1 aliphatic carbocycles. The third-order valence-electron chi connectivity index (χ3n) is 4.85. The van der Waals surface area contributed by atoms with E-state index in [0.717, 1.165) is 24.7 Å². The van der Waals surface area contributed by atoms with Crippen LogP contribution < -0.4 is 16.8 Å². The lowest BCUT2D eigenvalue weighted by Gasteiger charge is -2.32. The first kappa shape index (κ1) is 17.5. The van der Waals surface area contributed by atoms with Crippen LogP contribution in [-0.4, -0.2) is 19.2 Å². The highest BCUT2D eigenvalue weighted by molar-refractivity contribution is 6.33. The largest absolute Gasteiger partial charge is 0.398 e. The molecule has 6 heteroatoms. The summed E-state index contributed by atoms with van der Waals surface area (Å²) in [6, 6.07) is 12.3. The van der Waals surface area contributed by atoms with E-state index in [1.165, 1.54) is 16.7 Å². The fourth-order valence-corrected chi connectivity index (χ4v) is 3.68. The maximum atomic E-state index is 7.10. The van der Waals surface area contributed by atoms with Gasteiger partial charge in [-0.2, -0.15) is 0 Å². The van der Waals surface area contributed by atoms with Crippen LogP contribution in [0.25, 0.3) is 0 Å². The molecule has 3 rings (SSSR count). The van der Waals surface area contributed by atoms with Crippen molar-refractivity contribution in [1.29, 1.82) is 5.41 Å². The zero-order valence-electron chi connectivity index (χ0n) is 14.1. The summed E-state index contributed by atoms with van der Waals surface area (Å²) in [6.45, 7) is 0. The van der Waals surface area contributed by atoms with Crippen LogP contribution in [0.4, 0.5) is 5.69 Å². The van der Waals surface area contributed by atoms with Crippen LogP contribution in [0.3, 0.4) is 0 Å². The molecule has 1 aliphatic rings. The summed E-state index contributed by atoms with van der Waals surface area (Å²) in [5.74, 6) is 0.625. The van der Waals surface area contributed by atoms with Crippen molar-refractivity contribution in [3.8, 4) is 0 Å². The SMILES string of the molecule is CN[C@H]1CC[C@@H](c2ccc(Cl)c(N)c2)c2ccc(C(N)=NC=N)cc21. The lowest BCUT2D eigenvalue weighted by Crippen LogP contribution is -2.25. The smallest absolute Gasteiger partial charge is 0.132 e. The van der Waals surface area contributed by atoms with Crippen LogP contribution in [0.2, 0.25) is 5.02 Å². The molecule has 2 aromatic carbocycles. The summed E-state index contributed by atoms with van der Waals surface area (Å²) >= 11 is 6.07. The van der Waals surface area contributed by atoms with Gasteiger partial charge < -0.3 is 16.8 Å². The molecule has 5 nitrogen and oxygen atoms in total. The molecule has 0 saturated heterocycles. The number of amidine groups is 1. The minimum absolute atomic E-state index is 0.267. The van der Waals surface area contributed by atoms with E-state index in [-0.39, 0.29) is 12.0 Å². The van der Waals surface area contributed by atoms with Crippen molar-refractivity contribution >= 4 is 29.5 Å². The number of halogens is 1. The third kappa shape index (κ3) is 3.38. The minimum Gasteiger partial charge on any atom is -0.398 e. The summed E-state index contributed by atoms with van der Waals surface area (Å²) in [7, 11) is 1.97. The van der Waals surface area contributed by atoms with E-state index in [2.05, 4.69) is 22.4 Å². The fourth-order valence-electron chi connectivity index (χ4n) is 3.57. The number of nitrogens with one attached hydrogen (secondary N) is 2. The second-order valence-corrected chi connectivity index (χ2v) is 6.65. The van der Waals surface area contributed by atoms with Gasteiger partial charge >= 0.3 is 0 Å². The molecule has 25 heavy (non-hydrogen) atoms. The maximum Gasteiger partial charge on any atom is 0.132 e. The summed E-state index contributed by atoms with van der Waals surface area (Å²) in [4.78, 5) is 3.88. The zero-order valence-corrected chi connectivity index (χ0v) is 14.8. The van der Waals surface area contributed by atoms with Crippen molar-refractivity contribution in [2.75, 3.05) is 12.8 Å². The summed E-state index contributed by atoms with van der Waals surface area (Å²) in [5, 5.41) is 11.1. The van der Waals surface area contributed by atoms with Gasteiger partial charge in [0.25, 0.3) is 0 Å². The molecule has 0 saturated carbocycles. The number of nitrogen functional groups attached to an aromatic ring is 1. The third-order valence-corrected chi connectivity index (χ3v) is 5.20. The van der Waals surface area contributed by atoms with E-state index in [1.54, 1.807) is 0 Å². The standard InChI is InChI=1S/C19H22ClN5/c1-24-18-7-5-13(11-3-6-16(20)17(22)9-11)14-4-2-12(8-15(14)18)19(23)25-10-21/h2-4,6,8-10,13,18,24H,5,7,22H2,1H3,(H3,21,23,25)/t13-,18-/m0/s1. The first-order valence-corrected chi connectivity index (χ1v) is 8.61. The molecule has 0 fully saturated rings. The van der Waals surface area contributed by atoms with Crippen molar-refractivity contribution in [3.63, 3.8) is 0 Å². The van der Waals surface area contributed by atoms with Crippen LogP contribution in [0.1, 0.15) is 47.1 Å². The fraction of sp³-hybridized carbons (Fsp3) is 0.263. The van der Waals surface area contributed by atoms with Gasteiger partial charge in [0.1, 0.15) is 12.2 Å². The average molecular weight is 356 g/mol. The normalized spacial score (nSPS) is 20.2. The van der Waals surface area contributed by atoms with E-state index in [9.17, 15) is 0 Å². The second kappa shape index (κ2) is 7.25. The Bertz CT molecular complexity index is 831. The lowest BCUT2D eigenvalue weighted by atomic mass is 9.76. The van der Waals surface area contributed by atoms with Crippen molar-refractivity contribution < 1.29 is 0 Å². The molecule has 2 atom stereocenters. The predicted octanol–water partition coefficient (Wildman–Crippen LogP) is 3.42. The predicted molar refractivity (Wildman–Crippen MR) is 105 cm³/mol. The molecule has 0 heterocycles. The van der Waals surface area contributed by atoms with Crippen molar-refractivity contribution in [2.24, 2.45) is 10.7 Å². The Morgan fingerprint density at radius 3 is 2.72 bits per heavy atom. The molecule has 0 bridgehead atoms. The number of hydrogen-bond donors (Lipinski definition) is 4. The number of anilines is 1. The van der Waals surface area contributed by atoms with E-state index >= 15 is 0 Å². The number of rotatable bonds is 4. The highest BCUT2D eigenvalue weighted by atomic mass is 35.5. The zero-order chi connectivity index (χ0) is 18.0. The topological polar surface area (TPSA) is 100 Å². The van der Waals surface area contributed by atoms with Crippen LogP contribution >= 0.6 is 11.6 Å². The Labute approximate surface area is 152 Å². The van der Waals surface area contributed by atoms with Gasteiger partial charge in [-0.05, 0) is 54.8 Å². The number of aliphatic imine (C=N–C) groups is 1. The Kier molecular flexibility index (Phi) is 5.06. The molecule has 0 radical (unpaired) electrons. The van der Waals surface area contributed by atoms with Gasteiger partial charge in [0.05, 0.1) is 10.7 Å². The highest BCUT2D eigenvalue weighted by Crippen LogP contribution is 2.42. The van der Waals surface area contributed by atoms with Crippen LogP contribution in [0, 0.1) is 5.41 Å². The monoisotopic (exact) mass is 355 g/mol. The second-order valence-electron chi connectivity index (χ2n) is 6.24. The number of fused-ring (bicyclic) bond motifs is 1. The van der Waals surface area contributed by atoms with Gasteiger partial charge in [-0.1, -0.05) is 29.8 Å². The van der Waals surface area contributed by atoms with Crippen LogP contribution in [0.5, 0.6) is 0 Å². The van der Waals surface area contributed by atoms with Gasteiger partial charge in [0, 0.05) is 17.5 Å². The molecule has 0 spiro atoms. The quantitative estimate of drug-likeness (QED) is 0.384. The van der Waals surface area contributed by atoms with Crippen LogP contribution in [-0.2, 0) is 0 Å². The van der Waals surface area contributed by atoms with Gasteiger partial charge in [0.2, 0.25) is 0 Å². The van der Waals surface area contributed by atoms with Crippen molar-refractivity contribution in [2.45, 2.75) is 24.8 Å². The van der Waals surface area contributed by atoms with E-state index < -0.39 is 0 Å². The molecule has 130 valence electrons. The summed E-state index contributed by atoms with van der Waals surface area (Å²) < 4.78 is 0. The summed E-state index contributed by atoms with van der Waals surface area (Å²) in [5.41, 5.74) is 17.0. The Hall–Kier alpha value is -2.37. The van der Waals surface area contributed by atoms with E-state index in [1.807, 2.05) is 31.3 Å². The van der Waals surface area contributed by atoms with E-state index in [0.29, 0.717) is 16.5 Å². The van der Waals surface area contributed by atoms with Crippen molar-refractivity contribution in [3.05, 3.63) is 63.7 Å². The van der Waals surface area contributed by atoms with Crippen LogP contribution in [0.15, 0.2) is 41.4 Å². The number of benzene rings is 2. The Balaban J connectivity index is 2.07. The highest BCUT2D eigenvalue weighted by Gasteiger charge is 2.28. The Morgan fingerprint density at radius 1 is 1.24 bits per heavy atom. The van der Waals surface area contributed by atoms with Gasteiger partial charge in [-0.15, -0.1) is 0 Å². The van der Waals surface area contributed by atoms with Gasteiger partial charge in [-0.25, -0.2) is 4.99 Å². The molecule has 2 aromatic rings.